The van der Waals surface area contributed by atoms with Crippen LogP contribution in [-0.2, 0) is 4.74 Å². The van der Waals surface area contributed by atoms with Gasteiger partial charge in [-0.05, 0) is 0 Å². The first-order valence-corrected chi connectivity index (χ1v) is 6.67. The molecular formula is C11H13ClFN5O3. The van der Waals surface area contributed by atoms with Crippen molar-refractivity contribution in [2.75, 3.05) is 18.2 Å². The van der Waals surface area contributed by atoms with Gasteiger partial charge in [0, 0.05) is 0 Å². The van der Waals surface area contributed by atoms with Gasteiger partial charge >= 0.3 is 0 Å². The Balaban J connectivity index is 2.06. The number of nitrogens with zero attached hydrogens (tertiary/aromatic N) is 4. The lowest BCUT2D eigenvalue weighted by atomic mass is 9.99. The Hall–Kier alpha value is -1.55. The molecule has 3 heterocycles. The topological polar surface area (TPSA) is 119 Å². The average molecular weight is 318 g/mol. The predicted molar refractivity (Wildman–Crippen MR) is 71.3 cm³/mol. The van der Waals surface area contributed by atoms with Gasteiger partial charge in [-0.25, -0.2) is 19.3 Å². The lowest BCUT2D eigenvalue weighted by Crippen LogP contribution is -2.47. The summed E-state index contributed by atoms with van der Waals surface area (Å²) in [5.74, 6) is -0.107. The highest BCUT2D eigenvalue weighted by Gasteiger charge is 2.55. The third-order valence-corrected chi connectivity index (χ3v) is 4.08. The van der Waals surface area contributed by atoms with Crippen molar-refractivity contribution in [3.8, 4) is 0 Å². The molecule has 0 aliphatic carbocycles. The SMILES string of the molecule is Nc1ncnc2c1ncn2[C@@H]1O[C@@](CO)(CCl)[C@@H](O)[C@H]1F. The van der Waals surface area contributed by atoms with Gasteiger partial charge in [-0.15, -0.1) is 11.6 Å². The van der Waals surface area contributed by atoms with Crippen LogP contribution in [0.5, 0.6) is 0 Å². The maximum atomic E-state index is 14.4. The molecule has 1 fully saturated rings. The van der Waals surface area contributed by atoms with Crippen molar-refractivity contribution in [1.29, 1.82) is 0 Å². The maximum absolute atomic E-state index is 14.4. The highest BCUT2D eigenvalue weighted by molar-refractivity contribution is 6.18. The number of anilines is 1. The first kappa shape index (κ1) is 14.4. The number of aliphatic hydroxyl groups is 2. The van der Waals surface area contributed by atoms with Gasteiger partial charge in [-0.3, -0.25) is 4.57 Å². The number of halogens is 2. The van der Waals surface area contributed by atoms with Crippen molar-refractivity contribution in [2.24, 2.45) is 0 Å². The molecule has 1 aliphatic rings. The molecule has 0 saturated carbocycles. The summed E-state index contributed by atoms with van der Waals surface area (Å²) >= 11 is 5.71. The standard InChI is InChI=1S/C11H13ClFN5O3/c12-1-11(2-19)7(20)5(13)10(21-11)18-4-17-6-8(14)15-3-16-9(6)18/h3-5,7,10,19-20H,1-2H2,(H2,14,15,16)/t5-,7+,10-,11-/m1/s1. The second-order valence-corrected chi connectivity index (χ2v) is 5.10. The molecule has 8 nitrogen and oxygen atoms in total. The zero-order chi connectivity index (χ0) is 15.2. The molecule has 21 heavy (non-hydrogen) atoms. The maximum Gasteiger partial charge on any atom is 0.174 e. The number of imidazole rings is 1. The van der Waals surface area contributed by atoms with E-state index in [0.717, 1.165) is 0 Å². The number of aromatic nitrogens is 4. The van der Waals surface area contributed by atoms with Crippen LogP contribution in [-0.4, -0.2) is 60.1 Å². The fraction of sp³-hybridized carbons (Fsp3) is 0.545. The van der Waals surface area contributed by atoms with Crippen molar-refractivity contribution in [1.82, 2.24) is 19.5 Å². The molecular weight excluding hydrogens is 305 g/mol. The summed E-state index contributed by atoms with van der Waals surface area (Å²) in [5, 5.41) is 19.3. The average Bonchev–Trinajstić information content (AvgIpc) is 3.02. The summed E-state index contributed by atoms with van der Waals surface area (Å²) in [6.07, 6.45) is -2.08. The molecule has 2 aromatic heterocycles. The number of hydrogen-bond acceptors (Lipinski definition) is 7. The third kappa shape index (κ3) is 1.96. The van der Waals surface area contributed by atoms with Crippen LogP contribution in [0.3, 0.4) is 0 Å². The number of fused-ring (bicyclic) bond motifs is 1. The number of ether oxygens (including phenoxy) is 1. The zero-order valence-electron chi connectivity index (χ0n) is 10.7. The van der Waals surface area contributed by atoms with E-state index in [1.165, 1.54) is 17.2 Å². The number of hydrogen-bond donors (Lipinski definition) is 3. The van der Waals surface area contributed by atoms with E-state index in [-0.39, 0.29) is 17.3 Å². The molecule has 2 aromatic rings. The number of nitrogens with two attached hydrogens (primary N) is 1. The Morgan fingerprint density at radius 1 is 1.48 bits per heavy atom. The summed E-state index contributed by atoms with van der Waals surface area (Å²) in [6, 6.07) is 0. The summed E-state index contributed by atoms with van der Waals surface area (Å²) in [6.45, 7) is -0.613. The summed E-state index contributed by atoms with van der Waals surface area (Å²) < 4.78 is 21.2. The third-order valence-electron chi connectivity index (χ3n) is 3.62. The first-order valence-electron chi connectivity index (χ1n) is 6.14. The lowest BCUT2D eigenvalue weighted by Gasteiger charge is -2.26. The molecule has 4 N–H and O–H groups in total. The van der Waals surface area contributed by atoms with Crippen LogP contribution in [0.4, 0.5) is 10.2 Å². The minimum Gasteiger partial charge on any atom is -0.393 e. The minimum absolute atomic E-state index is 0.151. The highest BCUT2D eigenvalue weighted by Crippen LogP contribution is 2.40. The van der Waals surface area contributed by atoms with Crippen molar-refractivity contribution in [3.63, 3.8) is 0 Å². The quantitative estimate of drug-likeness (QED) is 0.659. The normalized spacial score (nSPS) is 32.9. The van der Waals surface area contributed by atoms with Gasteiger partial charge < -0.3 is 20.7 Å². The van der Waals surface area contributed by atoms with Crippen molar-refractivity contribution in [3.05, 3.63) is 12.7 Å². The number of nitrogen functional groups attached to an aromatic ring is 1. The van der Waals surface area contributed by atoms with Crippen molar-refractivity contribution >= 4 is 28.6 Å². The molecule has 4 atom stereocenters. The predicted octanol–water partition coefficient (Wildman–Crippen LogP) is -0.394. The number of aliphatic hydroxyl groups excluding tert-OH is 2. The lowest BCUT2D eigenvalue weighted by molar-refractivity contribution is -0.113. The van der Waals surface area contributed by atoms with Gasteiger partial charge in [0.2, 0.25) is 0 Å². The molecule has 0 aromatic carbocycles. The molecule has 0 unspecified atom stereocenters. The molecule has 0 amide bonds. The largest absolute Gasteiger partial charge is 0.393 e. The van der Waals surface area contributed by atoms with E-state index in [1.807, 2.05) is 0 Å². The van der Waals surface area contributed by atoms with Crippen molar-refractivity contribution in [2.45, 2.75) is 24.1 Å². The van der Waals surface area contributed by atoms with E-state index in [2.05, 4.69) is 15.0 Å². The number of rotatable bonds is 3. The highest BCUT2D eigenvalue weighted by atomic mass is 35.5. The van der Waals surface area contributed by atoms with Gasteiger partial charge in [0.1, 0.15) is 23.5 Å². The van der Waals surface area contributed by atoms with Gasteiger partial charge in [0.25, 0.3) is 0 Å². The van der Waals surface area contributed by atoms with Crippen LogP contribution in [0.25, 0.3) is 11.2 Å². The molecule has 3 rings (SSSR count). The summed E-state index contributed by atoms with van der Waals surface area (Å²) in [4.78, 5) is 11.8. The van der Waals surface area contributed by atoms with Crippen LogP contribution in [0.1, 0.15) is 6.23 Å². The van der Waals surface area contributed by atoms with Gasteiger partial charge in [-0.1, -0.05) is 0 Å². The Morgan fingerprint density at radius 3 is 2.86 bits per heavy atom. The Bertz CT molecular complexity index is 664. The molecule has 0 bridgehead atoms. The van der Waals surface area contributed by atoms with Crippen LogP contribution >= 0.6 is 11.6 Å². The molecule has 10 heteroatoms. The van der Waals surface area contributed by atoms with Crippen LogP contribution in [0.2, 0.25) is 0 Å². The smallest absolute Gasteiger partial charge is 0.174 e. The Morgan fingerprint density at radius 2 is 2.24 bits per heavy atom. The zero-order valence-corrected chi connectivity index (χ0v) is 11.5. The Labute approximate surface area is 123 Å². The van der Waals surface area contributed by atoms with E-state index in [1.54, 1.807) is 0 Å². The van der Waals surface area contributed by atoms with E-state index in [4.69, 9.17) is 22.1 Å². The molecule has 1 saturated heterocycles. The van der Waals surface area contributed by atoms with E-state index < -0.39 is 30.7 Å². The monoisotopic (exact) mass is 317 g/mol. The van der Waals surface area contributed by atoms with Crippen LogP contribution in [0, 0.1) is 0 Å². The second kappa shape index (κ2) is 5.02. The van der Waals surface area contributed by atoms with Crippen molar-refractivity contribution < 1.29 is 19.3 Å². The fourth-order valence-electron chi connectivity index (χ4n) is 2.37. The van der Waals surface area contributed by atoms with Crippen LogP contribution < -0.4 is 5.73 Å². The van der Waals surface area contributed by atoms with Gasteiger partial charge in [0.15, 0.2) is 23.9 Å². The minimum atomic E-state index is -1.80. The molecule has 0 spiro atoms. The number of alkyl halides is 2. The first-order chi connectivity index (χ1) is 10.0. The molecule has 0 radical (unpaired) electrons. The van der Waals surface area contributed by atoms with Gasteiger partial charge in [0.05, 0.1) is 18.8 Å². The van der Waals surface area contributed by atoms with Gasteiger partial charge in [-0.2, -0.15) is 0 Å². The summed E-state index contributed by atoms with van der Waals surface area (Å²) in [5.41, 5.74) is 4.67. The van der Waals surface area contributed by atoms with E-state index in [9.17, 15) is 14.6 Å². The Kier molecular flexibility index (Phi) is 3.44. The summed E-state index contributed by atoms with van der Waals surface area (Å²) in [7, 11) is 0. The van der Waals surface area contributed by atoms with E-state index in [0.29, 0.717) is 5.52 Å². The molecule has 114 valence electrons. The van der Waals surface area contributed by atoms with E-state index >= 15 is 0 Å². The van der Waals surface area contributed by atoms with Crippen LogP contribution in [0.15, 0.2) is 12.7 Å². The second-order valence-electron chi connectivity index (χ2n) is 4.84. The fourth-order valence-corrected chi connectivity index (χ4v) is 2.68. The molecule has 1 aliphatic heterocycles.